The Hall–Kier alpha value is -1.31. The Labute approximate surface area is 173 Å². The van der Waals surface area contributed by atoms with Gasteiger partial charge in [-0.25, -0.2) is 0 Å². The number of carbonyl (C=O) groups is 3. The van der Waals surface area contributed by atoms with Gasteiger partial charge in [0.1, 0.15) is 18.2 Å². The van der Waals surface area contributed by atoms with E-state index in [4.69, 9.17) is 18.9 Å². The van der Waals surface area contributed by atoms with E-state index >= 15 is 0 Å². The number of Topliss-reactive ketones (excluding diaryl/α,β-unsaturated/α-hetero) is 2. The highest BCUT2D eigenvalue weighted by Gasteiger charge is 2.36. The van der Waals surface area contributed by atoms with Crippen LogP contribution in [0.5, 0.6) is 0 Å². The molecule has 2 aliphatic carbocycles. The maximum atomic E-state index is 12.5. The minimum Gasteiger partial charge on any atom is -0.463 e. The van der Waals surface area contributed by atoms with Crippen LogP contribution in [0.1, 0.15) is 51.9 Å². The first kappa shape index (κ1) is 24.0. The summed E-state index contributed by atoms with van der Waals surface area (Å²) in [4.78, 5) is 36.3. The molecule has 2 aliphatic rings. The van der Waals surface area contributed by atoms with Crippen LogP contribution in [0.2, 0.25) is 0 Å². The van der Waals surface area contributed by atoms with E-state index < -0.39 is 0 Å². The van der Waals surface area contributed by atoms with Gasteiger partial charge < -0.3 is 18.9 Å². The Morgan fingerprint density at radius 2 is 1.38 bits per heavy atom. The zero-order chi connectivity index (χ0) is 21.1. The van der Waals surface area contributed by atoms with Crippen molar-refractivity contribution in [2.24, 2.45) is 23.7 Å². The SMILES string of the molecule is COCCOCCOCCOC(=O)C1CCC(CC(=O)C2CCC(C(C)=O)C2)C1. The molecule has 2 rings (SSSR count). The molecule has 0 saturated heterocycles. The molecule has 29 heavy (non-hydrogen) atoms. The predicted octanol–water partition coefficient (Wildman–Crippen LogP) is 2.59. The molecule has 0 radical (unpaired) electrons. The number of hydrogen-bond donors (Lipinski definition) is 0. The van der Waals surface area contributed by atoms with Crippen LogP contribution in [0.3, 0.4) is 0 Å². The van der Waals surface area contributed by atoms with Crippen molar-refractivity contribution in [3.8, 4) is 0 Å². The Morgan fingerprint density at radius 1 is 0.759 bits per heavy atom. The van der Waals surface area contributed by atoms with Crippen molar-refractivity contribution in [1.82, 2.24) is 0 Å². The summed E-state index contributed by atoms with van der Waals surface area (Å²) in [5, 5.41) is 0. The number of hydrogen-bond acceptors (Lipinski definition) is 7. The first-order valence-corrected chi connectivity index (χ1v) is 10.9. The van der Waals surface area contributed by atoms with Gasteiger partial charge in [0.2, 0.25) is 0 Å². The lowest BCUT2D eigenvalue weighted by molar-refractivity contribution is -0.150. The fraction of sp³-hybridized carbons (Fsp3) is 0.864. The number of esters is 1. The van der Waals surface area contributed by atoms with Gasteiger partial charge in [-0.05, 0) is 51.4 Å². The quantitative estimate of drug-likeness (QED) is 0.320. The van der Waals surface area contributed by atoms with Crippen LogP contribution in [0.15, 0.2) is 0 Å². The van der Waals surface area contributed by atoms with E-state index in [1.54, 1.807) is 14.0 Å². The van der Waals surface area contributed by atoms with Crippen molar-refractivity contribution < 1.29 is 33.3 Å². The minimum atomic E-state index is -0.183. The summed E-state index contributed by atoms with van der Waals surface area (Å²) < 4.78 is 20.8. The molecule has 0 heterocycles. The highest BCUT2D eigenvalue weighted by atomic mass is 16.6. The summed E-state index contributed by atoms with van der Waals surface area (Å²) in [6.45, 7) is 4.26. The molecule has 0 spiro atoms. The van der Waals surface area contributed by atoms with E-state index in [9.17, 15) is 14.4 Å². The van der Waals surface area contributed by atoms with Gasteiger partial charge in [0.05, 0.1) is 39.0 Å². The summed E-state index contributed by atoms with van der Waals surface area (Å²) in [5.41, 5.74) is 0. The molecule has 7 nitrogen and oxygen atoms in total. The molecule has 0 aromatic carbocycles. The van der Waals surface area contributed by atoms with Crippen LogP contribution in [0.25, 0.3) is 0 Å². The van der Waals surface area contributed by atoms with Crippen molar-refractivity contribution in [2.45, 2.75) is 51.9 Å². The normalized spacial score (nSPS) is 26.6. The molecule has 4 unspecified atom stereocenters. The van der Waals surface area contributed by atoms with Crippen LogP contribution >= 0.6 is 0 Å². The smallest absolute Gasteiger partial charge is 0.309 e. The first-order chi connectivity index (χ1) is 14.0. The van der Waals surface area contributed by atoms with Gasteiger partial charge in [-0.1, -0.05) is 0 Å². The molecule has 0 aromatic rings. The molecule has 2 saturated carbocycles. The Kier molecular flexibility index (Phi) is 10.8. The summed E-state index contributed by atoms with van der Waals surface area (Å²) in [6.07, 6.45) is 5.32. The lowest BCUT2D eigenvalue weighted by Gasteiger charge is -2.14. The number of carbonyl (C=O) groups excluding carboxylic acids is 3. The maximum absolute atomic E-state index is 12.5. The van der Waals surface area contributed by atoms with Gasteiger partial charge in [0.25, 0.3) is 0 Å². The van der Waals surface area contributed by atoms with Crippen molar-refractivity contribution in [3.05, 3.63) is 0 Å². The lowest BCUT2D eigenvalue weighted by atomic mass is 9.91. The second-order valence-corrected chi connectivity index (χ2v) is 8.25. The molecule has 0 amide bonds. The molecule has 7 heteroatoms. The lowest BCUT2D eigenvalue weighted by Crippen LogP contribution is -2.20. The van der Waals surface area contributed by atoms with Crippen molar-refractivity contribution >= 4 is 17.5 Å². The highest BCUT2D eigenvalue weighted by molar-refractivity contribution is 5.84. The number of methoxy groups -OCH3 is 1. The van der Waals surface area contributed by atoms with Crippen LogP contribution in [-0.4, -0.2) is 64.3 Å². The predicted molar refractivity (Wildman–Crippen MR) is 106 cm³/mol. The number of ketones is 2. The van der Waals surface area contributed by atoms with Gasteiger partial charge in [0, 0.05) is 25.4 Å². The Balaban J connectivity index is 1.54. The zero-order valence-corrected chi connectivity index (χ0v) is 17.9. The average molecular weight is 413 g/mol. The fourth-order valence-electron chi connectivity index (χ4n) is 4.35. The third-order valence-electron chi connectivity index (χ3n) is 6.10. The molecule has 166 valence electrons. The van der Waals surface area contributed by atoms with E-state index in [0.717, 1.165) is 32.1 Å². The number of rotatable bonds is 14. The molecular weight excluding hydrogens is 376 g/mol. The summed E-state index contributed by atoms with van der Waals surface area (Å²) in [5.74, 6) is 0.536. The van der Waals surface area contributed by atoms with Gasteiger partial charge >= 0.3 is 5.97 Å². The van der Waals surface area contributed by atoms with Gasteiger partial charge in [-0.15, -0.1) is 0 Å². The summed E-state index contributed by atoms with van der Waals surface area (Å²) in [6, 6.07) is 0. The van der Waals surface area contributed by atoms with Crippen LogP contribution in [0, 0.1) is 23.7 Å². The van der Waals surface area contributed by atoms with Gasteiger partial charge in [-0.2, -0.15) is 0 Å². The Bertz CT molecular complexity index is 533. The monoisotopic (exact) mass is 412 g/mol. The van der Waals surface area contributed by atoms with E-state index in [2.05, 4.69) is 0 Å². The molecule has 0 aromatic heterocycles. The topological polar surface area (TPSA) is 88.1 Å². The molecular formula is C22H36O7. The molecule has 0 bridgehead atoms. The van der Waals surface area contributed by atoms with Crippen molar-refractivity contribution in [2.75, 3.05) is 46.8 Å². The average Bonchev–Trinajstić information content (AvgIpc) is 3.36. The van der Waals surface area contributed by atoms with Crippen LogP contribution in [-0.2, 0) is 33.3 Å². The van der Waals surface area contributed by atoms with Crippen molar-refractivity contribution in [1.29, 1.82) is 0 Å². The third kappa shape index (κ3) is 8.52. The molecule has 4 atom stereocenters. The van der Waals surface area contributed by atoms with Crippen molar-refractivity contribution in [3.63, 3.8) is 0 Å². The van der Waals surface area contributed by atoms with Crippen LogP contribution in [0.4, 0.5) is 0 Å². The highest BCUT2D eigenvalue weighted by Crippen LogP contribution is 2.38. The second kappa shape index (κ2) is 13.1. The largest absolute Gasteiger partial charge is 0.463 e. The van der Waals surface area contributed by atoms with Gasteiger partial charge in [-0.3, -0.25) is 14.4 Å². The molecule has 0 N–H and O–H groups in total. The number of ether oxygens (including phenoxy) is 4. The fourth-order valence-corrected chi connectivity index (χ4v) is 4.35. The van der Waals surface area contributed by atoms with E-state index in [0.29, 0.717) is 45.9 Å². The first-order valence-electron chi connectivity index (χ1n) is 10.9. The summed E-state index contributed by atoms with van der Waals surface area (Å²) >= 11 is 0. The van der Waals surface area contributed by atoms with E-state index in [1.807, 2.05) is 0 Å². The summed E-state index contributed by atoms with van der Waals surface area (Å²) in [7, 11) is 1.62. The standard InChI is InChI=1S/C22H36O7/c1-16(23)18-5-6-19(15-18)21(24)14-17-3-4-20(13-17)22(25)29-12-11-28-10-9-27-8-7-26-2/h17-20H,3-15H2,1-2H3. The molecule has 2 fully saturated rings. The Morgan fingerprint density at radius 3 is 2.03 bits per heavy atom. The van der Waals surface area contributed by atoms with E-state index in [1.165, 1.54) is 0 Å². The van der Waals surface area contributed by atoms with Crippen LogP contribution < -0.4 is 0 Å². The maximum Gasteiger partial charge on any atom is 0.309 e. The zero-order valence-electron chi connectivity index (χ0n) is 17.9. The molecule has 0 aliphatic heterocycles. The third-order valence-corrected chi connectivity index (χ3v) is 6.10. The van der Waals surface area contributed by atoms with Gasteiger partial charge in [0.15, 0.2) is 0 Å². The minimum absolute atomic E-state index is 0.0329. The van der Waals surface area contributed by atoms with E-state index in [-0.39, 0.29) is 47.8 Å². The second-order valence-electron chi connectivity index (χ2n) is 8.25.